The Balaban J connectivity index is 1.91. The van der Waals surface area contributed by atoms with Gasteiger partial charge in [-0.05, 0) is 32.6 Å². The summed E-state index contributed by atoms with van der Waals surface area (Å²) in [7, 11) is 0. The molecule has 3 atom stereocenters. The summed E-state index contributed by atoms with van der Waals surface area (Å²) < 4.78 is 37.8. The molecule has 2 rings (SSSR count). The molecule has 2 aliphatic heterocycles. The van der Waals surface area contributed by atoms with E-state index < -0.39 is 18.1 Å². The lowest BCUT2D eigenvalue weighted by Crippen LogP contribution is -2.54. The van der Waals surface area contributed by atoms with E-state index in [2.05, 4.69) is 5.32 Å². The lowest BCUT2D eigenvalue weighted by atomic mass is 9.93. The molecule has 0 radical (unpaired) electrons. The van der Waals surface area contributed by atoms with Gasteiger partial charge in [-0.3, -0.25) is 4.79 Å². The monoisotopic (exact) mass is 292 g/mol. The van der Waals surface area contributed by atoms with Crippen molar-refractivity contribution in [1.29, 1.82) is 0 Å². The number of piperidine rings is 1. The smallest absolute Gasteiger partial charge is 0.339 e. The molecule has 3 nitrogen and oxygen atoms in total. The summed E-state index contributed by atoms with van der Waals surface area (Å²) in [5.41, 5.74) is 0. The SMILES string of the molecule is CC1CCCCCN1C(=O)C1CCC(C(F)(F)F)CN1. The Morgan fingerprint density at radius 2 is 1.90 bits per heavy atom. The zero-order valence-electron chi connectivity index (χ0n) is 11.9. The number of hydrogen-bond donors (Lipinski definition) is 1. The van der Waals surface area contributed by atoms with Gasteiger partial charge in [0.1, 0.15) is 0 Å². The Morgan fingerprint density at radius 3 is 2.50 bits per heavy atom. The van der Waals surface area contributed by atoms with Crippen molar-refractivity contribution in [2.24, 2.45) is 5.92 Å². The molecule has 1 N–H and O–H groups in total. The van der Waals surface area contributed by atoms with Gasteiger partial charge in [-0.15, -0.1) is 0 Å². The molecule has 2 fully saturated rings. The van der Waals surface area contributed by atoms with Gasteiger partial charge >= 0.3 is 6.18 Å². The molecule has 0 aromatic heterocycles. The van der Waals surface area contributed by atoms with Gasteiger partial charge in [0, 0.05) is 19.1 Å². The maximum absolute atomic E-state index is 12.6. The highest BCUT2D eigenvalue weighted by molar-refractivity contribution is 5.82. The summed E-state index contributed by atoms with van der Waals surface area (Å²) in [6, 6.07) is -0.235. The fourth-order valence-corrected chi connectivity index (χ4v) is 3.15. The Labute approximate surface area is 117 Å². The number of amides is 1. The summed E-state index contributed by atoms with van der Waals surface area (Å²) in [5, 5.41) is 2.80. The average Bonchev–Trinajstić information content (AvgIpc) is 2.62. The standard InChI is InChI=1S/C14H23F3N2O/c1-10-5-3-2-4-8-19(10)13(20)12-7-6-11(9-18-12)14(15,16)17/h10-12,18H,2-9H2,1H3. The minimum absolute atomic E-state index is 0.0139. The summed E-state index contributed by atoms with van der Waals surface area (Å²) in [6.07, 6.45) is 0.414. The van der Waals surface area contributed by atoms with Crippen LogP contribution >= 0.6 is 0 Å². The second-order valence-corrected chi connectivity index (χ2v) is 6.01. The predicted octanol–water partition coefficient (Wildman–Crippen LogP) is 2.71. The zero-order valence-corrected chi connectivity index (χ0v) is 11.9. The second-order valence-electron chi connectivity index (χ2n) is 6.01. The van der Waals surface area contributed by atoms with Gasteiger partial charge in [-0.1, -0.05) is 12.8 Å². The third-order valence-electron chi connectivity index (χ3n) is 4.51. The van der Waals surface area contributed by atoms with Gasteiger partial charge in [-0.25, -0.2) is 0 Å². The van der Waals surface area contributed by atoms with Crippen LogP contribution in [-0.4, -0.2) is 42.2 Å². The summed E-state index contributed by atoms with van der Waals surface area (Å²) >= 11 is 0. The first-order valence-electron chi connectivity index (χ1n) is 7.50. The molecule has 0 spiro atoms. The molecule has 2 aliphatic rings. The third kappa shape index (κ3) is 3.65. The molecular weight excluding hydrogens is 269 g/mol. The fraction of sp³-hybridized carbons (Fsp3) is 0.929. The number of alkyl halides is 3. The lowest BCUT2D eigenvalue weighted by molar-refractivity contribution is -0.181. The van der Waals surface area contributed by atoms with Gasteiger partial charge in [0.25, 0.3) is 0 Å². The molecule has 2 heterocycles. The Morgan fingerprint density at radius 1 is 1.15 bits per heavy atom. The van der Waals surface area contributed by atoms with Gasteiger partial charge in [0.15, 0.2) is 0 Å². The number of nitrogens with one attached hydrogen (secondary N) is 1. The molecule has 20 heavy (non-hydrogen) atoms. The van der Waals surface area contributed by atoms with E-state index in [4.69, 9.17) is 0 Å². The molecule has 0 bridgehead atoms. The van der Waals surface area contributed by atoms with Crippen molar-refractivity contribution in [3.8, 4) is 0 Å². The lowest BCUT2D eigenvalue weighted by Gasteiger charge is -2.35. The van der Waals surface area contributed by atoms with Gasteiger partial charge in [-0.2, -0.15) is 13.2 Å². The van der Waals surface area contributed by atoms with Crippen molar-refractivity contribution in [2.45, 2.75) is 63.7 Å². The molecule has 2 saturated heterocycles. The zero-order chi connectivity index (χ0) is 14.8. The second kappa shape index (κ2) is 6.33. The Bertz CT molecular complexity index is 338. The number of likely N-dealkylation sites (tertiary alicyclic amines) is 1. The number of halogens is 3. The van der Waals surface area contributed by atoms with Crippen LogP contribution in [0.2, 0.25) is 0 Å². The number of hydrogen-bond acceptors (Lipinski definition) is 2. The highest BCUT2D eigenvalue weighted by atomic mass is 19.4. The van der Waals surface area contributed by atoms with Crippen LogP contribution in [0.4, 0.5) is 13.2 Å². The number of carbonyl (C=O) groups excluding carboxylic acids is 1. The Hall–Kier alpha value is -0.780. The van der Waals surface area contributed by atoms with E-state index in [1.54, 1.807) is 0 Å². The van der Waals surface area contributed by atoms with Gasteiger partial charge < -0.3 is 10.2 Å². The molecule has 0 aromatic carbocycles. The predicted molar refractivity (Wildman–Crippen MR) is 70.2 cm³/mol. The van der Waals surface area contributed by atoms with Crippen LogP contribution in [0, 0.1) is 5.92 Å². The van der Waals surface area contributed by atoms with Crippen LogP contribution < -0.4 is 5.32 Å². The molecule has 6 heteroatoms. The van der Waals surface area contributed by atoms with Crippen LogP contribution in [0.5, 0.6) is 0 Å². The molecule has 1 amide bonds. The van der Waals surface area contributed by atoms with Crippen molar-refractivity contribution >= 4 is 5.91 Å². The van der Waals surface area contributed by atoms with Crippen LogP contribution in [-0.2, 0) is 4.79 Å². The van der Waals surface area contributed by atoms with Crippen molar-refractivity contribution in [3.05, 3.63) is 0 Å². The first-order valence-corrected chi connectivity index (χ1v) is 7.50. The van der Waals surface area contributed by atoms with E-state index >= 15 is 0 Å². The highest BCUT2D eigenvalue weighted by Crippen LogP contribution is 2.32. The maximum Gasteiger partial charge on any atom is 0.393 e. The molecule has 0 aromatic rings. The fourth-order valence-electron chi connectivity index (χ4n) is 3.15. The minimum Gasteiger partial charge on any atom is -0.339 e. The molecule has 0 aliphatic carbocycles. The van der Waals surface area contributed by atoms with Crippen LogP contribution in [0.3, 0.4) is 0 Å². The van der Waals surface area contributed by atoms with Crippen LogP contribution in [0.15, 0.2) is 0 Å². The quantitative estimate of drug-likeness (QED) is 0.806. The van der Waals surface area contributed by atoms with Gasteiger partial charge in [0.2, 0.25) is 5.91 Å². The number of rotatable bonds is 1. The highest BCUT2D eigenvalue weighted by Gasteiger charge is 2.43. The summed E-state index contributed by atoms with van der Waals surface area (Å²) in [5.74, 6) is -1.33. The van der Waals surface area contributed by atoms with Crippen LogP contribution in [0.1, 0.15) is 45.4 Å². The summed E-state index contributed by atoms with van der Waals surface area (Å²) in [6.45, 7) is 2.63. The van der Waals surface area contributed by atoms with E-state index in [0.29, 0.717) is 0 Å². The van der Waals surface area contributed by atoms with E-state index in [-0.39, 0.29) is 31.3 Å². The molecule has 3 unspecified atom stereocenters. The number of carbonyl (C=O) groups is 1. The third-order valence-corrected chi connectivity index (χ3v) is 4.51. The van der Waals surface area contributed by atoms with E-state index in [0.717, 1.165) is 32.2 Å². The first kappa shape index (κ1) is 15.6. The van der Waals surface area contributed by atoms with Crippen LogP contribution in [0.25, 0.3) is 0 Å². The van der Waals surface area contributed by atoms with Crippen molar-refractivity contribution in [2.75, 3.05) is 13.1 Å². The normalized spacial score (nSPS) is 32.8. The van der Waals surface area contributed by atoms with E-state index in [1.807, 2.05) is 11.8 Å². The summed E-state index contributed by atoms with van der Waals surface area (Å²) in [4.78, 5) is 14.3. The van der Waals surface area contributed by atoms with Crippen molar-refractivity contribution < 1.29 is 18.0 Å². The van der Waals surface area contributed by atoms with E-state index in [9.17, 15) is 18.0 Å². The minimum atomic E-state index is -4.16. The number of nitrogens with zero attached hydrogens (tertiary/aromatic N) is 1. The topological polar surface area (TPSA) is 32.3 Å². The maximum atomic E-state index is 12.6. The Kier molecular flexibility index (Phi) is 4.94. The molecule has 0 saturated carbocycles. The average molecular weight is 292 g/mol. The molecular formula is C14H23F3N2O. The first-order chi connectivity index (χ1) is 9.39. The van der Waals surface area contributed by atoms with Crippen molar-refractivity contribution in [1.82, 2.24) is 10.2 Å². The van der Waals surface area contributed by atoms with Crippen molar-refractivity contribution in [3.63, 3.8) is 0 Å². The van der Waals surface area contributed by atoms with E-state index in [1.165, 1.54) is 0 Å². The molecule has 116 valence electrons. The largest absolute Gasteiger partial charge is 0.393 e. The van der Waals surface area contributed by atoms with Gasteiger partial charge in [0.05, 0.1) is 12.0 Å².